The van der Waals surface area contributed by atoms with Gasteiger partial charge in [-0.05, 0) is 74.9 Å². The number of hydrogen-bond donors (Lipinski definition) is 0. The molecule has 0 bridgehead atoms. The summed E-state index contributed by atoms with van der Waals surface area (Å²) in [5, 5.41) is 6.88. The van der Waals surface area contributed by atoms with Crippen molar-refractivity contribution in [2.45, 2.75) is 92.2 Å². The van der Waals surface area contributed by atoms with Crippen molar-refractivity contribution in [3.63, 3.8) is 0 Å². The molecule has 0 radical (unpaired) electrons. The van der Waals surface area contributed by atoms with Crippen molar-refractivity contribution in [2.75, 3.05) is 0 Å². The quantitative estimate of drug-likeness (QED) is 0.112. The summed E-state index contributed by atoms with van der Waals surface area (Å²) in [5.74, 6) is 0.455. The highest BCUT2D eigenvalue weighted by atomic mass is 16.2. The molecule has 2 unspecified atom stereocenters. The Labute approximate surface area is 314 Å². The molecular formula is C48H48N2O4. The zero-order valence-electron chi connectivity index (χ0n) is 31.8. The minimum atomic E-state index is -0.260. The Morgan fingerprint density at radius 2 is 0.796 bits per heavy atom. The first kappa shape index (κ1) is 35.7. The molecule has 6 heteroatoms. The molecule has 0 aliphatic carbocycles. The summed E-state index contributed by atoms with van der Waals surface area (Å²) in [4.78, 5) is 58.4. The smallest absolute Gasteiger partial charge is 0.262 e. The van der Waals surface area contributed by atoms with Crippen LogP contribution in [0.5, 0.6) is 0 Å². The van der Waals surface area contributed by atoms with Gasteiger partial charge in [0.15, 0.2) is 0 Å². The monoisotopic (exact) mass is 716 g/mol. The van der Waals surface area contributed by atoms with Gasteiger partial charge < -0.3 is 0 Å². The average molecular weight is 717 g/mol. The van der Waals surface area contributed by atoms with Crippen LogP contribution in [0.2, 0.25) is 0 Å². The van der Waals surface area contributed by atoms with Crippen LogP contribution in [0.1, 0.15) is 79.1 Å². The molecule has 2 atom stereocenters. The van der Waals surface area contributed by atoms with E-state index in [9.17, 15) is 19.2 Å². The Hall–Kier alpha value is -5.36. The van der Waals surface area contributed by atoms with E-state index in [-0.39, 0.29) is 34.1 Å². The van der Waals surface area contributed by atoms with Crippen LogP contribution in [-0.4, -0.2) is 9.13 Å². The van der Waals surface area contributed by atoms with E-state index in [4.69, 9.17) is 0 Å². The fourth-order valence-corrected chi connectivity index (χ4v) is 9.20. The molecule has 0 saturated carbocycles. The minimum absolute atomic E-state index is 0.213. The third-order valence-electron chi connectivity index (χ3n) is 12.2. The van der Waals surface area contributed by atoms with E-state index < -0.39 is 0 Å². The number of hydrogen-bond acceptors (Lipinski definition) is 4. The molecule has 8 rings (SSSR count). The van der Waals surface area contributed by atoms with Crippen molar-refractivity contribution < 1.29 is 0 Å². The first-order valence-corrected chi connectivity index (χ1v) is 20.0. The molecule has 2 heterocycles. The van der Waals surface area contributed by atoms with E-state index in [0.717, 1.165) is 101 Å². The number of fused-ring (bicyclic) bond motifs is 4. The summed E-state index contributed by atoms with van der Waals surface area (Å²) >= 11 is 0. The van der Waals surface area contributed by atoms with Gasteiger partial charge in [-0.1, -0.05) is 139 Å². The molecule has 0 saturated heterocycles. The fourth-order valence-electron chi connectivity index (χ4n) is 9.20. The lowest BCUT2D eigenvalue weighted by atomic mass is 9.88. The Morgan fingerprint density at radius 1 is 0.426 bits per heavy atom. The number of nitrogens with zero attached hydrogens (tertiary/aromatic N) is 2. The Balaban J connectivity index is 1.54. The predicted octanol–water partition coefficient (Wildman–Crippen LogP) is 10.6. The molecule has 0 spiro atoms. The predicted molar refractivity (Wildman–Crippen MR) is 226 cm³/mol. The van der Waals surface area contributed by atoms with E-state index in [0.29, 0.717) is 40.0 Å². The molecule has 54 heavy (non-hydrogen) atoms. The second-order valence-electron chi connectivity index (χ2n) is 15.3. The molecule has 2 aromatic heterocycles. The highest BCUT2D eigenvalue weighted by molar-refractivity contribution is 6.42. The maximum absolute atomic E-state index is 14.9. The lowest BCUT2D eigenvalue weighted by Gasteiger charge is -2.17. The van der Waals surface area contributed by atoms with E-state index in [2.05, 4.69) is 27.7 Å². The van der Waals surface area contributed by atoms with Crippen LogP contribution in [-0.2, 0) is 13.1 Å². The van der Waals surface area contributed by atoms with Crippen LogP contribution in [0, 0.1) is 11.8 Å². The van der Waals surface area contributed by atoms with E-state index in [1.165, 1.54) is 9.13 Å². The zero-order valence-corrected chi connectivity index (χ0v) is 31.8. The van der Waals surface area contributed by atoms with Crippen LogP contribution in [0.15, 0.2) is 104 Å². The summed E-state index contributed by atoms with van der Waals surface area (Å²) in [6, 6.07) is 27.5. The van der Waals surface area contributed by atoms with Gasteiger partial charge in [-0.15, -0.1) is 0 Å². The van der Waals surface area contributed by atoms with Crippen molar-refractivity contribution in [3.05, 3.63) is 126 Å². The van der Waals surface area contributed by atoms with Crippen LogP contribution in [0.25, 0.3) is 76.1 Å². The minimum Gasteiger partial charge on any atom is -0.274 e. The largest absolute Gasteiger partial charge is 0.274 e. The highest BCUT2D eigenvalue weighted by Gasteiger charge is 2.30. The van der Waals surface area contributed by atoms with Crippen LogP contribution < -0.4 is 22.2 Å². The molecule has 0 aliphatic heterocycles. The normalized spacial score (nSPS) is 13.3. The van der Waals surface area contributed by atoms with E-state index >= 15 is 0 Å². The second-order valence-corrected chi connectivity index (χ2v) is 15.3. The van der Waals surface area contributed by atoms with Gasteiger partial charge in [-0.25, -0.2) is 0 Å². The van der Waals surface area contributed by atoms with E-state index in [1.54, 1.807) is 0 Å². The lowest BCUT2D eigenvalue weighted by Crippen LogP contribution is -2.35. The van der Waals surface area contributed by atoms with Gasteiger partial charge in [-0.3, -0.25) is 28.3 Å². The second kappa shape index (κ2) is 14.5. The molecule has 0 N–H and O–H groups in total. The molecular weight excluding hydrogens is 669 g/mol. The number of aromatic nitrogens is 2. The Morgan fingerprint density at radius 3 is 1.19 bits per heavy atom. The summed E-state index contributed by atoms with van der Waals surface area (Å²) in [6.07, 6.45) is 7.95. The number of pyridine rings is 1. The van der Waals surface area contributed by atoms with Crippen LogP contribution in [0.4, 0.5) is 0 Å². The topological polar surface area (TPSA) is 78.1 Å². The van der Waals surface area contributed by atoms with Gasteiger partial charge in [0.05, 0.1) is 10.8 Å². The van der Waals surface area contributed by atoms with Gasteiger partial charge in [-0.2, -0.15) is 0 Å². The summed E-state index contributed by atoms with van der Waals surface area (Å²) in [5.41, 5.74) is 2.11. The molecule has 6 nitrogen and oxygen atoms in total. The van der Waals surface area contributed by atoms with Crippen molar-refractivity contribution in [1.82, 2.24) is 9.13 Å². The molecule has 8 aromatic rings. The van der Waals surface area contributed by atoms with Crippen LogP contribution in [0.3, 0.4) is 0 Å². The zero-order chi connectivity index (χ0) is 37.7. The average Bonchev–Trinajstić information content (AvgIpc) is 3.66. The van der Waals surface area contributed by atoms with Crippen molar-refractivity contribution in [2.24, 2.45) is 11.8 Å². The third kappa shape index (κ3) is 5.52. The Kier molecular flexibility index (Phi) is 9.55. The first-order chi connectivity index (χ1) is 26.3. The SMILES string of the molecule is CCCCC(CC)Cn1c(=O)c2ccc3c4c(-c5ccccc5)c5c(=O)n(CC(CC)CCCC)c(=O)c5c(-c5ccccc5)c4c4ccc(c1=O)c2c34. The molecule has 0 amide bonds. The fraction of sp³-hybridized carbons (Fsp3) is 0.333. The summed E-state index contributed by atoms with van der Waals surface area (Å²) in [6.45, 7) is 9.37. The van der Waals surface area contributed by atoms with Crippen LogP contribution >= 0.6 is 0 Å². The van der Waals surface area contributed by atoms with Crippen molar-refractivity contribution in [1.29, 1.82) is 0 Å². The molecule has 0 fully saturated rings. The third-order valence-corrected chi connectivity index (χ3v) is 12.2. The van der Waals surface area contributed by atoms with Crippen molar-refractivity contribution in [3.8, 4) is 22.3 Å². The van der Waals surface area contributed by atoms with Gasteiger partial charge in [0.25, 0.3) is 22.2 Å². The molecule has 0 aliphatic rings. The van der Waals surface area contributed by atoms with Crippen molar-refractivity contribution >= 4 is 53.9 Å². The number of unbranched alkanes of at least 4 members (excludes halogenated alkanes) is 2. The first-order valence-electron chi connectivity index (χ1n) is 20.0. The highest BCUT2D eigenvalue weighted by Crippen LogP contribution is 2.51. The van der Waals surface area contributed by atoms with Gasteiger partial charge in [0.1, 0.15) is 0 Å². The number of rotatable bonds is 14. The van der Waals surface area contributed by atoms with Gasteiger partial charge >= 0.3 is 0 Å². The number of benzene rings is 5. The summed E-state index contributed by atoms with van der Waals surface area (Å²) < 4.78 is 2.96. The maximum Gasteiger partial charge on any atom is 0.262 e. The lowest BCUT2D eigenvalue weighted by molar-refractivity contribution is 0.382. The van der Waals surface area contributed by atoms with E-state index in [1.807, 2.05) is 84.9 Å². The van der Waals surface area contributed by atoms with Gasteiger partial charge in [0, 0.05) is 40.4 Å². The molecule has 274 valence electrons. The van der Waals surface area contributed by atoms with Gasteiger partial charge in [0.2, 0.25) is 0 Å². The summed E-state index contributed by atoms with van der Waals surface area (Å²) in [7, 11) is 0. The standard InChI is InChI=1S/C48H48N2O4/c1-5-9-17-29(7-3)27-49-45(51)35-25-23-33-39-34(24-26-36(40(35)39)46(49)52)42-38(32-21-15-12-16-22-32)44-43(37(41(33)42)31-19-13-11-14-20-31)47(53)50(48(44)54)28-30(8-4)18-10-6-2/h11-16,19-26,29-30H,5-10,17-18,27-28H2,1-4H3. The maximum atomic E-state index is 14.9. The molecule has 6 aromatic carbocycles. The Bertz CT molecular complexity index is 2690.